The number of nitrogens with one attached hydrogen (secondary N) is 1. The van der Waals surface area contributed by atoms with Gasteiger partial charge in [0.15, 0.2) is 6.73 Å². The van der Waals surface area contributed by atoms with Crippen LogP contribution < -0.4 is 10.1 Å². The highest BCUT2D eigenvalue weighted by Crippen LogP contribution is 2.33. The molecule has 0 aliphatic heterocycles. The van der Waals surface area contributed by atoms with Crippen LogP contribution in [-0.4, -0.2) is 57.6 Å². The fraction of sp³-hybridized carbons (Fsp3) is 0.519. The zero-order valence-electron chi connectivity index (χ0n) is 22.9. The number of tetrazole rings is 1. The topological polar surface area (TPSA) is 124 Å². The summed E-state index contributed by atoms with van der Waals surface area (Å²) < 4.78 is 11.1. The van der Waals surface area contributed by atoms with Crippen molar-refractivity contribution in [2.75, 3.05) is 13.2 Å². The van der Waals surface area contributed by atoms with Crippen molar-refractivity contribution in [2.45, 2.75) is 77.9 Å². The largest absolute Gasteiger partial charge is 0.507 e. The molecule has 0 fully saturated rings. The highest BCUT2D eigenvalue weighted by molar-refractivity contribution is 6.76. The van der Waals surface area contributed by atoms with Gasteiger partial charge in [-0.15, -0.1) is 15.0 Å². The summed E-state index contributed by atoms with van der Waals surface area (Å²) in [4.78, 5) is 17.9. The summed E-state index contributed by atoms with van der Waals surface area (Å²) in [6, 6.07) is 7.52. The van der Waals surface area contributed by atoms with Crippen molar-refractivity contribution in [2.24, 2.45) is 0 Å². The van der Waals surface area contributed by atoms with E-state index in [-0.39, 0.29) is 12.5 Å². The third-order valence-electron chi connectivity index (χ3n) is 5.94. The van der Waals surface area contributed by atoms with Crippen LogP contribution in [0.2, 0.25) is 25.7 Å². The molecule has 1 aromatic carbocycles. The second-order valence-corrected chi connectivity index (χ2v) is 16.2. The molecule has 38 heavy (non-hydrogen) atoms. The average Bonchev–Trinajstić information content (AvgIpc) is 3.36. The summed E-state index contributed by atoms with van der Waals surface area (Å²) in [6.07, 6.45) is 9.60. The fourth-order valence-electron chi connectivity index (χ4n) is 3.70. The molecule has 11 heteroatoms. The van der Waals surface area contributed by atoms with E-state index < -0.39 is 14.2 Å². The first-order chi connectivity index (χ1) is 18.2. The number of phenolic OH excluding ortho intramolecular Hbond substituents is 1. The van der Waals surface area contributed by atoms with Crippen LogP contribution in [0.5, 0.6) is 11.5 Å². The standard InChI is InChI=1S/C27H40N6O4Si/c1-5-6-7-8-9-10-13-29-27(35)37-23-11-12-25(34)24(17-23)21-16-22(19-28-18-21)26-30-32-33(31-26)20-36-14-15-38(2,3)4/h11-12,16-19,34H,5-10,13-15,20H2,1-4H3,(H,29,35). The maximum absolute atomic E-state index is 12.2. The molecule has 0 saturated carbocycles. The van der Waals surface area contributed by atoms with Gasteiger partial charge in [-0.25, -0.2) is 4.79 Å². The number of benzene rings is 1. The van der Waals surface area contributed by atoms with Gasteiger partial charge in [0.2, 0.25) is 5.82 Å². The number of unbranched alkanes of at least 4 members (excludes halogenated alkanes) is 5. The van der Waals surface area contributed by atoms with Crippen molar-refractivity contribution in [1.29, 1.82) is 0 Å². The molecule has 3 aromatic rings. The highest BCUT2D eigenvalue weighted by Gasteiger charge is 2.14. The van der Waals surface area contributed by atoms with Crippen molar-refractivity contribution in [3.63, 3.8) is 0 Å². The summed E-state index contributed by atoms with van der Waals surface area (Å²) in [5.74, 6) is 0.758. The SMILES string of the molecule is CCCCCCCCNC(=O)Oc1ccc(O)c(-c2cncc(-c3nnn(COCC[Si](C)(C)C)n3)c2)c1. The Balaban J connectivity index is 1.58. The molecule has 0 saturated heterocycles. The number of hydrogen-bond donors (Lipinski definition) is 2. The Morgan fingerprint density at radius 1 is 1.05 bits per heavy atom. The number of carbonyl (C=O) groups excluding carboxylic acids is 1. The van der Waals surface area contributed by atoms with Crippen molar-refractivity contribution in [3.8, 4) is 34.0 Å². The Morgan fingerprint density at radius 3 is 2.61 bits per heavy atom. The van der Waals surface area contributed by atoms with E-state index in [0.717, 1.165) is 18.9 Å². The van der Waals surface area contributed by atoms with Gasteiger partial charge in [0.25, 0.3) is 0 Å². The van der Waals surface area contributed by atoms with Crippen LogP contribution in [0.4, 0.5) is 4.79 Å². The monoisotopic (exact) mass is 540 g/mol. The van der Waals surface area contributed by atoms with Gasteiger partial charge in [0.1, 0.15) is 11.5 Å². The minimum atomic E-state index is -1.16. The summed E-state index contributed by atoms with van der Waals surface area (Å²) in [5.41, 5.74) is 1.74. The van der Waals surface area contributed by atoms with Gasteiger partial charge in [0, 0.05) is 50.3 Å². The zero-order chi connectivity index (χ0) is 27.4. The Hall–Kier alpha value is -3.31. The van der Waals surface area contributed by atoms with Crippen LogP contribution in [0.3, 0.4) is 0 Å². The maximum atomic E-state index is 12.2. The lowest BCUT2D eigenvalue weighted by Gasteiger charge is -2.14. The predicted molar refractivity (Wildman–Crippen MR) is 150 cm³/mol. The fourth-order valence-corrected chi connectivity index (χ4v) is 4.45. The number of rotatable bonds is 15. The molecule has 10 nitrogen and oxygen atoms in total. The van der Waals surface area contributed by atoms with Crippen LogP contribution in [0.15, 0.2) is 36.7 Å². The summed E-state index contributed by atoms with van der Waals surface area (Å²) in [7, 11) is -1.16. The van der Waals surface area contributed by atoms with Crippen molar-refractivity contribution < 1.29 is 19.4 Å². The first-order valence-corrected chi connectivity index (χ1v) is 17.1. The van der Waals surface area contributed by atoms with E-state index >= 15 is 0 Å². The molecular formula is C27H40N6O4Si. The number of aromatic nitrogens is 5. The third-order valence-corrected chi connectivity index (χ3v) is 7.65. The molecule has 2 heterocycles. The number of carbonyl (C=O) groups is 1. The van der Waals surface area contributed by atoms with Crippen LogP contribution in [0.25, 0.3) is 22.5 Å². The Kier molecular flexibility index (Phi) is 11.2. The van der Waals surface area contributed by atoms with Gasteiger partial charge >= 0.3 is 6.09 Å². The lowest BCUT2D eigenvalue weighted by Crippen LogP contribution is -2.27. The number of amides is 1. The molecule has 3 rings (SSSR count). The molecule has 1 amide bonds. The summed E-state index contributed by atoms with van der Waals surface area (Å²) >= 11 is 0. The van der Waals surface area contributed by atoms with Gasteiger partial charge in [0.05, 0.1) is 0 Å². The van der Waals surface area contributed by atoms with E-state index in [9.17, 15) is 9.90 Å². The third kappa shape index (κ3) is 9.86. The highest BCUT2D eigenvalue weighted by atomic mass is 28.3. The van der Waals surface area contributed by atoms with Gasteiger partial charge in [-0.1, -0.05) is 58.7 Å². The molecular weight excluding hydrogens is 500 g/mol. The summed E-state index contributed by atoms with van der Waals surface area (Å²) in [6.45, 7) is 10.6. The molecule has 0 unspecified atom stereocenters. The van der Waals surface area contributed by atoms with E-state index in [1.807, 2.05) is 0 Å². The van der Waals surface area contributed by atoms with Crippen LogP contribution in [0.1, 0.15) is 45.4 Å². The minimum Gasteiger partial charge on any atom is -0.507 e. The Labute approximate surface area is 225 Å². The molecule has 2 N–H and O–H groups in total. The van der Waals surface area contributed by atoms with Crippen molar-refractivity contribution in [3.05, 3.63) is 36.7 Å². The molecule has 0 atom stereocenters. The van der Waals surface area contributed by atoms with Crippen LogP contribution in [0, 0.1) is 0 Å². The van der Waals surface area contributed by atoms with Gasteiger partial charge in [-0.2, -0.15) is 0 Å². The summed E-state index contributed by atoms with van der Waals surface area (Å²) in [5, 5.41) is 25.8. The minimum absolute atomic E-state index is 0.0381. The lowest BCUT2D eigenvalue weighted by molar-refractivity contribution is 0.0674. The maximum Gasteiger partial charge on any atom is 0.412 e. The van der Waals surface area contributed by atoms with E-state index in [1.165, 1.54) is 36.5 Å². The van der Waals surface area contributed by atoms with E-state index in [4.69, 9.17) is 9.47 Å². The average molecular weight is 541 g/mol. The Morgan fingerprint density at radius 2 is 1.82 bits per heavy atom. The number of aromatic hydroxyl groups is 1. The number of ether oxygens (including phenoxy) is 2. The first-order valence-electron chi connectivity index (χ1n) is 13.4. The van der Waals surface area contributed by atoms with Crippen molar-refractivity contribution >= 4 is 14.2 Å². The van der Waals surface area contributed by atoms with E-state index in [0.29, 0.717) is 41.4 Å². The molecule has 2 aromatic heterocycles. The molecule has 0 spiro atoms. The number of phenols is 1. The number of nitrogens with zero attached hydrogens (tertiary/aromatic N) is 5. The first kappa shape index (κ1) is 29.2. The Bertz CT molecular complexity index is 1160. The lowest BCUT2D eigenvalue weighted by atomic mass is 10.0. The van der Waals surface area contributed by atoms with Gasteiger partial charge in [-0.3, -0.25) is 4.98 Å². The van der Waals surface area contributed by atoms with Crippen molar-refractivity contribution in [1.82, 2.24) is 30.5 Å². The molecule has 0 bridgehead atoms. The number of hydrogen-bond acceptors (Lipinski definition) is 8. The second kappa shape index (κ2) is 14.6. The van der Waals surface area contributed by atoms with Gasteiger partial charge in [-0.05, 0) is 41.9 Å². The second-order valence-electron chi connectivity index (χ2n) is 10.6. The predicted octanol–water partition coefficient (Wildman–Crippen LogP) is 5.87. The number of pyridine rings is 1. The van der Waals surface area contributed by atoms with E-state index in [1.54, 1.807) is 30.6 Å². The van der Waals surface area contributed by atoms with E-state index in [2.05, 4.69) is 52.3 Å². The normalized spacial score (nSPS) is 11.5. The smallest absolute Gasteiger partial charge is 0.412 e. The molecule has 0 radical (unpaired) electrons. The molecule has 206 valence electrons. The quantitative estimate of drug-likeness (QED) is 0.181. The molecule has 0 aliphatic carbocycles. The van der Waals surface area contributed by atoms with Gasteiger partial charge < -0.3 is 19.9 Å². The van der Waals surface area contributed by atoms with Crippen LogP contribution in [-0.2, 0) is 11.5 Å². The zero-order valence-corrected chi connectivity index (χ0v) is 23.9. The van der Waals surface area contributed by atoms with Crippen LogP contribution >= 0.6 is 0 Å². The molecule has 0 aliphatic rings.